The Morgan fingerprint density at radius 1 is 1.35 bits per heavy atom. The van der Waals surface area contributed by atoms with Crippen LogP contribution in [-0.4, -0.2) is 16.5 Å². The molecule has 0 aliphatic heterocycles. The molecule has 1 N–H and O–H groups in total. The summed E-state index contributed by atoms with van der Waals surface area (Å²) in [6, 6.07) is 1.84. The third-order valence-electron chi connectivity index (χ3n) is 2.83. The molecule has 1 aromatic heterocycles. The Kier molecular flexibility index (Phi) is 5.69. The van der Waals surface area contributed by atoms with Crippen LogP contribution in [0.1, 0.15) is 46.5 Å². The van der Waals surface area contributed by atoms with Gasteiger partial charge in [-0.2, -0.15) is 0 Å². The van der Waals surface area contributed by atoms with Crippen LogP contribution in [-0.2, 0) is 0 Å². The Labute approximate surface area is 109 Å². The van der Waals surface area contributed by atoms with Crippen LogP contribution in [0.5, 0.6) is 0 Å². The van der Waals surface area contributed by atoms with Gasteiger partial charge in [0.05, 0.1) is 0 Å². The highest BCUT2D eigenvalue weighted by Crippen LogP contribution is 2.24. The molecule has 0 aromatic carbocycles. The van der Waals surface area contributed by atoms with Crippen LogP contribution in [0.15, 0.2) is 12.3 Å². The molecule has 0 spiro atoms. The summed E-state index contributed by atoms with van der Waals surface area (Å²) in [5.74, 6) is 0.800. The van der Waals surface area contributed by atoms with Crippen molar-refractivity contribution in [1.82, 2.24) is 9.97 Å². The molecule has 0 saturated carbocycles. The summed E-state index contributed by atoms with van der Waals surface area (Å²) >= 11 is 5.74. The van der Waals surface area contributed by atoms with E-state index in [0.29, 0.717) is 5.28 Å². The van der Waals surface area contributed by atoms with Crippen molar-refractivity contribution in [3.05, 3.63) is 17.5 Å². The standard InChI is InChI=1S/C13H22ClN3/c1-4-5-6-8-13(2,3)10-16-11-7-9-15-12(14)17-11/h7,9H,4-6,8,10H2,1-3H3,(H,15,16,17). The van der Waals surface area contributed by atoms with Crippen molar-refractivity contribution in [2.45, 2.75) is 46.5 Å². The van der Waals surface area contributed by atoms with Crippen LogP contribution in [0.25, 0.3) is 0 Å². The maximum Gasteiger partial charge on any atom is 0.224 e. The molecule has 0 aliphatic carbocycles. The van der Waals surface area contributed by atoms with Gasteiger partial charge in [0, 0.05) is 12.7 Å². The first-order valence-electron chi connectivity index (χ1n) is 6.26. The van der Waals surface area contributed by atoms with E-state index in [9.17, 15) is 0 Å². The van der Waals surface area contributed by atoms with E-state index in [1.54, 1.807) is 6.20 Å². The summed E-state index contributed by atoms with van der Waals surface area (Å²) in [5.41, 5.74) is 0.284. The van der Waals surface area contributed by atoms with Gasteiger partial charge in [0.25, 0.3) is 0 Å². The van der Waals surface area contributed by atoms with E-state index in [1.165, 1.54) is 25.7 Å². The maximum absolute atomic E-state index is 5.74. The third-order valence-corrected chi connectivity index (χ3v) is 3.01. The molecule has 0 amide bonds. The second-order valence-electron chi connectivity index (χ2n) is 5.19. The summed E-state index contributed by atoms with van der Waals surface area (Å²) < 4.78 is 0. The molecular weight excluding hydrogens is 234 g/mol. The number of halogens is 1. The second kappa shape index (κ2) is 6.80. The Balaban J connectivity index is 2.38. The molecule has 0 saturated heterocycles. The minimum atomic E-state index is 0.284. The monoisotopic (exact) mass is 255 g/mol. The molecule has 1 heterocycles. The second-order valence-corrected chi connectivity index (χ2v) is 5.52. The zero-order valence-electron chi connectivity index (χ0n) is 11.0. The van der Waals surface area contributed by atoms with Crippen molar-refractivity contribution < 1.29 is 0 Å². The van der Waals surface area contributed by atoms with E-state index in [-0.39, 0.29) is 5.41 Å². The van der Waals surface area contributed by atoms with E-state index in [2.05, 4.69) is 36.1 Å². The van der Waals surface area contributed by atoms with Crippen LogP contribution >= 0.6 is 11.6 Å². The van der Waals surface area contributed by atoms with E-state index < -0.39 is 0 Å². The normalized spacial score (nSPS) is 11.5. The van der Waals surface area contributed by atoms with Gasteiger partial charge in [-0.15, -0.1) is 0 Å². The zero-order valence-corrected chi connectivity index (χ0v) is 11.7. The van der Waals surface area contributed by atoms with E-state index in [1.807, 2.05) is 6.07 Å². The van der Waals surface area contributed by atoms with Crippen molar-refractivity contribution in [3.63, 3.8) is 0 Å². The summed E-state index contributed by atoms with van der Waals surface area (Å²) in [7, 11) is 0. The van der Waals surface area contributed by atoms with E-state index in [0.717, 1.165) is 12.4 Å². The summed E-state index contributed by atoms with van der Waals surface area (Å²) in [6.45, 7) is 7.69. The Hall–Kier alpha value is -0.830. The Morgan fingerprint density at radius 2 is 2.12 bits per heavy atom. The average molecular weight is 256 g/mol. The molecule has 0 aliphatic rings. The number of nitrogens with zero attached hydrogens (tertiary/aromatic N) is 2. The molecule has 96 valence electrons. The molecule has 4 heteroatoms. The average Bonchev–Trinajstić information content (AvgIpc) is 2.27. The lowest BCUT2D eigenvalue weighted by atomic mass is 9.87. The first kappa shape index (κ1) is 14.2. The third kappa shape index (κ3) is 5.87. The number of nitrogens with one attached hydrogen (secondary N) is 1. The fraction of sp³-hybridized carbons (Fsp3) is 0.692. The molecule has 1 rings (SSSR count). The van der Waals surface area contributed by atoms with Gasteiger partial charge in [-0.05, 0) is 29.5 Å². The lowest BCUT2D eigenvalue weighted by Gasteiger charge is -2.25. The smallest absolute Gasteiger partial charge is 0.224 e. The molecule has 0 fully saturated rings. The highest BCUT2D eigenvalue weighted by atomic mass is 35.5. The number of anilines is 1. The first-order chi connectivity index (χ1) is 8.03. The van der Waals surface area contributed by atoms with Gasteiger partial charge in [0.2, 0.25) is 5.28 Å². The van der Waals surface area contributed by atoms with Crippen LogP contribution in [0.2, 0.25) is 5.28 Å². The van der Waals surface area contributed by atoms with Gasteiger partial charge in [0.15, 0.2) is 0 Å². The number of hydrogen-bond donors (Lipinski definition) is 1. The van der Waals surface area contributed by atoms with Gasteiger partial charge in [0.1, 0.15) is 5.82 Å². The molecule has 17 heavy (non-hydrogen) atoms. The van der Waals surface area contributed by atoms with Gasteiger partial charge < -0.3 is 5.32 Å². The van der Waals surface area contributed by atoms with Crippen LogP contribution in [0.4, 0.5) is 5.82 Å². The van der Waals surface area contributed by atoms with Crippen LogP contribution < -0.4 is 5.32 Å². The highest BCUT2D eigenvalue weighted by Gasteiger charge is 2.17. The van der Waals surface area contributed by atoms with E-state index >= 15 is 0 Å². The van der Waals surface area contributed by atoms with Gasteiger partial charge in [-0.1, -0.05) is 40.0 Å². The minimum Gasteiger partial charge on any atom is -0.369 e. The maximum atomic E-state index is 5.74. The van der Waals surface area contributed by atoms with Gasteiger partial charge >= 0.3 is 0 Å². The number of aromatic nitrogens is 2. The topological polar surface area (TPSA) is 37.8 Å². The lowest BCUT2D eigenvalue weighted by Crippen LogP contribution is -2.23. The first-order valence-corrected chi connectivity index (χ1v) is 6.64. The van der Waals surface area contributed by atoms with E-state index in [4.69, 9.17) is 11.6 Å². The van der Waals surface area contributed by atoms with Crippen molar-refractivity contribution in [3.8, 4) is 0 Å². The number of hydrogen-bond acceptors (Lipinski definition) is 3. The van der Waals surface area contributed by atoms with Crippen molar-refractivity contribution in [2.24, 2.45) is 5.41 Å². The highest BCUT2D eigenvalue weighted by molar-refractivity contribution is 6.28. The van der Waals surface area contributed by atoms with Gasteiger partial charge in [-0.3, -0.25) is 0 Å². The van der Waals surface area contributed by atoms with Crippen molar-refractivity contribution in [2.75, 3.05) is 11.9 Å². The lowest BCUT2D eigenvalue weighted by molar-refractivity contribution is 0.342. The van der Waals surface area contributed by atoms with Crippen molar-refractivity contribution in [1.29, 1.82) is 0 Å². The Bertz CT molecular complexity index is 339. The molecule has 0 unspecified atom stereocenters. The fourth-order valence-electron chi connectivity index (χ4n) is 1.71. The molecule has 1 aromatic rings. The fourth-order valence-corrected chi connectivity index (χ4v) is 1.85. The van der Waals surface area contributed by atoms with Crippen LogP contribution in [0.3, 0.4) is 0 Å². The number of rotatable bonds is 7. The zero-order chi connectivity index (χ0) is 12.7. The largest absolute Gasteiger partial charge is 0.369 e. The summed E-state index contributed by atoms with van der Waals surface area (Å²) in [6.07, 6.45) is 6.76. The quantitative estimate of drug-likeness (QED) is 0.588. The summed E-state index contributed by atoms with van der Waals surface area (Å²) in [5, 5.41) is 3.61. The number of unbranched alkanes of at least 4 members (excludes halogenated alkanes) is 2. The SMILES string of the molecule is CCCCCC(C)(C)CNc1ccnc(Cl)n1. The molecule has 0 atom stereocenters. The Morgan fingerprint density at radius 3 is 2.76 bits per heavy atom. The predicted octanol–water partition coefficient (Wildman–Crippen LogP) is 4.15. The molecule has 3 nitrogen and oxygen atoms in total. The molecular formula is C13H22ClN3. The molecule has 0 radical (unpaired) electrons. The van der Waals surface area contributed by atoms with Crippen molar-refractivity contribution >= 4 is 17.4 Å². The molecule has 0 bridgehead atoms. The summed E-state index contributed by atoms with van der Waals surface area (Å²) in [4.78, 5) is 7.98. The minimum absolute atomic E-state index is 0.284. The predicted molar refractivity (Wildman–Crippen MR) is 73.5 cm³/mol. The van der Waals surface area contributed by atoms with Crippen LogP contribution in [0, 0.1) is 5.41 Å². The van der Waals surface area contributed by atoms with Gasteiger partial charge in [-0.25, -0.2) is 9.97 Å².